The van der Waals surface area contributed by atoms with Crippen LogP contribution >= 0.6 is 22.6 Å². The second kappa shape index (κ2) is 5.31. The van der Waals surface area contributed by atoms with Crippen molar-refractivity contribution in [2.75, 3.05) is 0 Å². The third kappa shape index (κ3) is 6.17. The van der Waals surface area contributed by atoms with E-state index in [1.165, 1.54) is 0 Å². The van der Waals surface area contributed by atoms with Crippen LogP contribution in [0, 0.1) is 0 Å². The van der Waals surface area contributed by atoms with Crippen LogP contribution in [-0.4, -0.2) is 11.2 Å². The molecule has 46 valence electrons. The van der Waals surface area contributed by atoms with Crippen LogP contribution in [0.2, 0.25) is 0 Å². The van der Waals surface area contributed by atoms with Gasteiger partial charge in [-0.05, 0) is 11.0 Å². The van der Waals surface area contributed by atoms with E-state index >= 15 is 0 Å². The molecule has 2 heteroatoms. The standard InChI is InChI=1S/C6H9IO/c1-6(8)4-2-3-5-7/h2-6,8H,1H3/b4-2+,5-3+. The van der Waals surface area contributed by atoms with Crippen molar-refractivity contribution in [2.45, 2.75) is 13.0 Å². The van der Waals surface area contributed by atoms with Gasteiger partial charge in [0, 0.05) is 0 Å². The highest BCUT2D eigenvalue weighted by molar-refractivity contribution is 14.1. The van der Waals surface area contributed by atoms with Gasteiger partial charge in [0.15, 0.2) is 0 Å². The number of hydrogen-bond donors (Lipinski definition) is 1. The van der Waals surface area contributed by atoms with Crippen molar-refractivity contribution in [3.05, 3.63) is 22.3 Å². The monoisotopic (exact) mass is 224 g/mol. The molecule has 0 aromatic rings. The molecule has 0 radical (unpaired) electrons. The first-order chi connectivity index (χ1) is 3.77. The Morgan fingerprint density at radius 1 is 1.50 bits per heavy atom. The number of aliphatic hydroxyl groups excluding tert-OH is 1. The van der Waals surface area contributed by atoms with Crippen molar-refractivity contribution in [1.82, 2.24) is 0 Å². The highest BCUT2D eigenvalue weighted by Crippen LogP contribution is 1.87. The first kappa shape index (κ1) is 8.17. The second-order valence-corrected chi connectivity index (χ2v) is 2.16. The first-order valence-corrected chi connectivity index (χ1v) is 3.63. The Kier molecular flexibility index (Phi) is 5.42. The lowest BCUT2D eigenvalue weighted by Crippen LogP contribution is -1.90. The van der Waals surface area contributed by atoms with Crippen LogP contribution in [0.4, 0.5) is 0 Å². The fraction of sp³-hybridized carbons (Fsp3) is 0.333. The lowest BCUT2D eigenvalue weighted by Gasteiger charge is -1.87. The Labute approximate surface area is 63.2 Å². The zero-order valence-corrected chi connectivity index (χ0v) is 6.87. The molecule has 1 atom stereocenters. The molecule has 0 aromatic carbocycles. The van der Waals surface area contributed by atoms with Gasteiger partial charge in [-0.3, -0.25) is 0 Å². The maximum atomic E-state index is 8.66. The second-order valence-electron chi connectivity index (χ2n) is 1.44. The van der Waals surface area contributed by atoms with Crippen LogP contribution in [0.5, 0.6) is 0 Å². The molecular formula is C6H9IO. The summed E-state index contributed by atoms with van der Waals surface area (Å²) in [6, 6.07) is 0. The van der Waals surface area contributed by atoms with Crippen LogP contribution < -0.4 is 0 Å². The van der Waals surface area contributed by atoms with Crippen LogP contribution in [0.25, 0.3) is 0 Å². The van der Waals surface area contributed by atoms with Crippen molar-refractivity contribution >= 4 is 22.6 Å². The van der Waals surface area contributed by atoms with Gasteiger partial charge >= 0.3 is 0 Å². The van der Waals surface area contributed by atoms with E-state index in [0.717, 1.165) is 0 Å². The summed E-state index contributed by atoms with van der Waals surface area (Å²) < 4.78 is 1.89. The van der Waals surface area contributed by atoms with Gasteiger partial charge in [0.25, 0.3) is 0 Å². The predicted molar refractivity (Wildman–Crippen MR) is 44.0 cm³/mol. The van der Waals surface area contributed by atoms with Gasteiger partial charge in [-0.25, -0.2) is 0 Å². The summed E-state index contributed by atoms with van der Waals surface area (Å²) in [5.41, 5.74) is 0. The predicted octanol–water partition coefficient (Wildman–Crippen LogP) is 1.87. The van der Waals surface area contributed by atoms with E-state index in [2.05, 4.69) is 22.6 Å². The van der Waals surface area contributed by atoms with Crippen molar-refractivity contribution < 1.29 is 5.11 Å². The molecule has 0 bridgehead atoms. The average Bonchev–Trinajstić information content (AvgIpc) is 1.66. The zero-order valence-electron chi connectivity index (χ0n) is 4.71. The molecule has 1 nitrogen and oxygen atoms in total. The fourth-order valence-electron chi connectivity index (χ4n) is 0.267. The third-order valence-electron chi connectivity index (χ3n) is 0.573. The first-order valence-electron chi connectivity index (χ1n) is 2.39. The topological polar surface area (TPSA) is 20.2 Å². The van der Waals surface area contributed by atoms with Gasteiger partial charge in [-0.2, -0.15) is 0 Å². The Morgan fingerprint density at radius 3 is 2.50 bits per heavy atom. The normalized spacial score (nSPS) is 15.9. The fourth-order valence-corrected chi connectivity index (χ4v) is 0.507. The third-order valence-corrected chi connectivity index (χ3v) is 0.989. The van der Waals surface area contributed by atoms with Crippen molar-refractivity contribution in [1.29, 1.82) is 0 Å². The molecule has 1 N–H and O–H groups in total. The summed E-state index contributed by atoms with van der Waals surface area (Å²) in [5.74, 6) is 0. The summed E-state index contributed by atoms with van der Waals surface area (Å²) >= 11 is 2.12. The molecule has 0 heterocycles. The number of halogens is 1. The molecule has 0 aromatic heterocycles. The number of allylic oxidation sites excluding steroid dienone is 2. The SMILES string of the molecule is CC(O)/C=C/C=C/I. The van der Waals surface area contributed by atoms with Crippen LogP contribution in [0.3, 0.4) is 0 Å². The molecular weight excluding hydrogens is 215 g/mol. The molecule has 1 unspecified atom stereocenters. The quantitative estimate of drug-likeness (QED) is 0.560. The molecule has 0 saturated carbocycles. The Balaban J connectivity index is 3.34. The molecule has 8 heavy (non-hydrogen) atoms. The maximum Gasteiger partial charge on any atom is 0.0695 e. The maximum absolute atomic E-state index is 8.66. The van der Waals surface area contributed by atoms with Gasteiger partial charge < -0.3 is 5.11 Å². The van der Waals surface area contributed by atoms with E-state index in [1.54, 1.807) is 13.0 Å². The molecule has 0 aliphatic heterocycles. The molecule has 0 saturated heterocycles. The van der Waals surface area contributed by atoms with E-state index in [4.69, 9.17) is 5.11 Å². The Hall–Kier alpha value is 0.170. The molecule has 0 amide bonds. The minimum absolute atomic E-state index is 0.331. The van der Waals surface area contributed by atoms with Gasteiger partial charge in [0.1, 0.15) is 0 Å². The average molecular weight is 224 g/mol. The van der Waals surface area contributed by atoms with Crippen molar-refractivity contribution in [3.63, 3.8) is 0 Å². The van der Waals surface area contributed by atoms with E-state index in [0.29, 0.717) is 0 Å². The van der Waals surface area contributed by atoms with E-state index in [1.807, 2.05) is 16.2 Å². The lowest BCUT2D eigenvalue weighted by atomic mass is 10.3. The Bertz CT molecular complexity index is 94.7. The van der Waals surface area contributed by atoms with Crippen LogP contribution in [-0.2, 0) is 0 Å². The van der Waals surface area contributed by atoms with Gasteiger partial charge in [0.05, 0.1) is 6.10 Å². The summed E-state index contributed by atoms with van der Waals surface area (Å²) in [4.78, 5) is 0. The molecule has 0 spiro atoms. The number of aliphatic hydroxyl groups is 1. The van der Waals surface area contributed by atoms with Gasteiger partial charge in [-0.15, -0.1) is 0 Å². The summed E-state index contributed by atoms with van der Waals surface area (Å²) in [7, 11) is 0. The minimum atomic E-state index is -0.331. The zero-order chi connectivity index (χ0) is 6.41. The number of rotatable bonds is 2. The molecule has 0 rings (SSSR count). The van der Waals surface area contributed by atoms with Crippen LogP contribution in [0.1, 0.15) is 6.92 Å². The summed E-state index contributed by atoms with van der Waals surface area (Å²) in [6.07, 6.45) is 5.07. The molecule has 0 aliphatic carbocycles. The highest BCUT2D eigenvalue weighted by Gasteiger charge is 1.79. The van der Waals surface area contributed by atoms with Gasteiger partial charge in [0.2, 0.25) is 0 Å². The minimum Gasteiger partial charge on any atom is -0.389 e. The van der Waals surface area contributed by atoms with Crippen LogP contribution in [0.15, 0.2) is 22.3 Å². The smallest absolute Gasteiger partial charge is 0.0695 e. The largest absolute Gasteiger partial charge is 0.389 e. The van der Waals surface area contributed by atoms with Crippen molar-refractivity contribution in [2.24, 2.45) is 0 Å². The van der Waals surface area contributed by atoms with E-state index < -0.39 is 0 Å². The van der Waals surface area contributed by atoms with E-state index in [-0.39, 0.29) is 6.10 Å². The summed E-state index contributed by atoms with van der Waals surface area (Å²) in [6.45, 7) is 1.72. The number of hydrogen-bond acceptors (Lipinski definition) is 1. The summed E-state index contributed by atoms with van der Waals surface area (Å²) in [5, 5.41) is 8.66. The van der Waals surface area contributed by atoms with Crippen molar-refractivity contribution in [3.8, 4) is 0 Å². The van der Waals surface area contributed by atoms with E-state index in [9.17, 15) is 0 Å². The molecule has 0 fully saturated rings. The highest BCUT2D eigenvalue weighted by atomic mass is 127. The van der Waals surface area contributed by atoms with Gasteiger partial charge in [-0.1, -0.05) is 40.8 Å². The Morgan fingerprint density at radius 2 is 2.12 bits per heavy atom. The molecule has 0 aliphatic rings. The lowest BCUT2D eigenvalue weighted by molar-refractivity contribution is 0.244.